The molecule has 2 amide bonds. The van der Waals surface area contributed by atoms with Crippen LogP contribution in [0.3, 0.4) is 0 Å². The van der Waals surface area contributed by atoms with E-state index in [1.165, 1.54) is 22.5 Å². The average Bonchev–Trinajstić information content (AvgIpc) is 3.26. The Kier molecular flexibility index (Phi) is 5.34. The van der Waals surface area contributed by atoms with Gasteiger partial charge in [0.05, 0.1) is 6.33 Å². The van der Waals surface area contributed by atoms with Gasteiger partial charge in [-0.2, -0.15) is 0 Å². The Hall–Kier alpha value is -4.09. The van der Waals surface area contributed by atoms with Gasteiger partial charge in [-0.15, -0.1) is 0 Å². The number of amides is 2. The number of hydrogen-bond donors (Lipinski definition) is 0. The largest absolute Gasteiger partial charge is 0.485 e. The summed E-state index contributed by atoms with van der Waals surface area (Å²) in [5.74, 6) is 0.568. The number of hydrogen-bond acceptors (Lipinski definition) is 7. The van der Waals surface area contributed by atoms with Crippen molar-refractivity contribution in [3.63, 3.8) is 0 Å². The molecule has 1 unspecified atom stereocenters. The van der Waals surface area contributed by atoms with E-state index in [-0.39, 0.29) is 49.2 Å². The van der Waals surface area contributed by atoms with E-state index in [2.05, 4.69) is 4.98 Å². The van der Waals surface area contributed by atoms with Crippen molar-refractivity contribution in [1.82, 2.24) is 28.5 Å². The number of nitrogens with zero attached hydrogens (tertiary/aromatic N) is 6. The zero-order valence-corrected chi connectivity index (χ0v) is 18.8. The molecule has 178 valence electrons. The quantitative estimate of drug-likeness (QED) is 0.481. The highest BCUT2D eigenvalue weighted by atomic mass is 16.6. The van der Waals surface area contributed by atoms with Crippen molar-refractivity contribution in [1.29, 1.82) is 0 Å². The minimum Gasteiger partial charge on any atom is -0.485 e. The van der Waals surface area contributed by atoms with E-state index in [0.717, 1.165) is 4.57 Å². The molecule has 12 heteroatoms. The average molecular weight is 468 g/mol. The normalized spacial score (nSPS) is 17.8. The molecule has 5 rings (SSSR count). The van der Waals surface area contributed by atoms with Gasteiger partial charge in [-0.1, -0.05) is 12.1 Å². The number of carbonyl (C=O) groups excluding carboxylic acids is 2. The lowest BCUT2D eigenvalue weighted by atomic mass is 10.2. The van der Waals surface area contributed by atoms with Gasteiger partial charge < -0.3 is 23.8 Å². The van der Waals surface area contributed by atoms with Crippen LogP contribution in [0.1, 0.15) is 0 Å². The highest BCUT2D eigenvalue weighted by molar-refractivity contribution is 5.82. The molecule has 4 heterocycles. The monoisotopic (exact) mass is 468 g/mol. The van der Waals surface area contributed by atoms with Gasteiger partial charge in [0.2, 0.25) is 12.0 Å². The number of imidazole rings is 1. The third kappa shape index (κ3) is 3.60. The smallest absolute Gasteiger partial charge is 0.332 e. The van der Waals surface area contributed by atoms with Gasteiger partial charge in [0.15, 0.2) is 22.7 Å². The minimum absolute atomic E-state index is 0.123. The standard InChI is InChI=1S/C22H24N6O6/c1-24-13-23-19-18(24)21(31)28(22(32)25(19)2)11-17(29)26-7-9-27(10-8-26)20(30)16-12-33-14-5-3-4-6-15(14)34-16/h3-6,13,16H,7-12H2,1-2H3. The topological polar surface area (TPSA) is 121 Å². The van der Waals surface area contributed by atoms with Gasteiger partial charge in [-0.3, -0.25) is 19.0 Å². The fourth-order valence-corrected chi connectivity index (χ4v) is 4.29. The first-order valence-electron chi connectivity index (χ1n) is 10.9. The lowest BCUT2D eigenvalue weighted by molar-refractivity contribution is -0.146. The number of para-hydroxylation sites is 2. The lowest BCUT2D eigenvalue weighted by Crippen LogP contribution is -2.56. The molecule has 34 heavy (non-hydrogen) atoms. The van der Waals surface area contributed by atoms with Crippen LogP contribution >= 0.6 is 0 Å². The molecule has 2 aromatic heterocycles. The Morgan fingerprint density at radius 3 is 2.44 bits per heavy atom. The minimum atomic E-state index is -0.746. The van der Waals surface area contributed by atoms with Gasteiger partial charge in [-0.05, 0) is 12.1 Å². The number of ether oxygens (including phenoxy) is 2. The molecule has 0 aliphatic carbocycles. The number of aromatic nitrogens is 4. The van der Waals surface area contributed by atoms with Crippen LogP contribution in [0.5, 0.6) is 11.5 Å². The molecule has 12 nitrogen and oxygen atoms in total. The van der Waals surface area contributed by atoms with Crippen molar-refractivity contribution in [3.8, 4) is 11.5 Å². The fourth-order valence-electron chi connectivity index (χ4n) is 4.29. The number of piperazine rings is 1. The summed E-state index contributed by atoms with van der Waals surface area (Å²) in [6, 6.07) is 7.18. The van der Waals surface area contributed by atoms with Crippen molar-refractivity contribution in [2.75, 3.05) is 32.8 Å². The maximum absolute atomic E-state index is 12.9. The predicted octanol–water partition coefficient (Wildman–Crippen LogP) is -1.06. The Labute approximate surface area is 193 Å². The molecule has 2 aliphatic rings. The van der Waals surface area contributed by atoms with Crippen LogP contribution in [-0.2, 0) is 30.2 Å². The van der Waals surface area contributed by atoms with E-state index >= 15 is 0 Å². The van der Waals surface area contributed by atoms with E-state index in [4.69, 9.17) is 9.47 Å². The lowest BCUT2D eigenvalue weighted by Gasteiger charge is -2.37. The second-order valence-electron chi connectivity index (χ2n) is 8.33. The van der Waals surface area contributed by atoms with Crippen LogP contribution in [-0.4, -0.2) is 79.2 Å². The highest BCUT2D eigenvalue weighted by Crippen LogP contribution is 2.31. The molecule has 0 radical (unpaired) electrons. The van der Waals surface area contributed by atoms with Gasteiger partial charge in [-0.25, -0.2) is 14.3 Å². The van der Waals surface area contributed by atoms with Crippen molar-refractivity contribution < 1.29 is 19.1 Å². The molecular weight excluding hydrogens is 444 g/mol. The van der Waals surface area contributed by atoms with E-state index in [9.17, 15) is 19.2 Å². The van der Waals surface area contributed by atoms with Crippen molar-refractivity contribution in [3.05, 3.63) is 51.4 Å². The van der Waals surface area contributed by atoms with Crippen LogP contribution in [0, 0.1) is 0 Å². The summed E-state index contributed by atoms with van der Waals surface area (Å²) in [7, 11) is 3.17. The first kappa shape index (κ1) is 21.7. The van der Waals surface area contributed by atoms with Gasteiger partial charge in [0, 0.05) is 40.3 Å². The van der Waals surface area contributed by atoms with Crippen molar-refractivity contribution in [2.24, 2.45) is 14.1 Å². The number of fused-ring (bicyclic) bond motifs is 2. The third-order valence-electron chi connectivity index (χ3n) is 6.22. The van der Waals surface area contributed by atoms with Crippen molar-refractivity contribution in [2.45, 2.75) is 12.6 Å². The van der Waals surface area contributed by atoms with Gasteiger partial charge in [0.25, 0.3) is 11.5 Å². The summed E-state index contributed by atoms with van der Waals surface area (Å²) in [6.07, 6.45) is 0.706. The zero-order chi connectivity index (χ0) is 24.0. The van der Waals surface area contributed by atoms with Gasteiger partial charge in [0.1, 0.15) is 13.2 Å². The molecule has 1 atom stereocenters. The van der Waals surface area contributed by atoms with E-state index in [1.54, 1.807) is 29.0 Å². The third-order valence-corrected chi connectivity index (χ3v) is 6.22. The van der Waals surface area contributed by atoms with E-state index in [1.807, 2.05) is 12.1 Å². The maximum atomic E-state index is 12.9. The van der Waals surface area contributed by atoms with Crippen molar-refractivity contribution >= 4 is 23.0 Å². The molecule has 1 fully saturated rings. The second kappa shape index (κ2) is 8.36. The number of aryl methyl sites for hydroxylation is 2. The number of carbonyl (C=O) groups is 2. The molecule has 1 aromatic carbocycles. The second-order valence-corrected chi connectivity index (χ2v) is 8.33. The van der Waals surface area contributed by atoms with Crippen LogP contribution in [0.2, 0.25) is 0 Å². The molecular formula is C22H24N6O6. The molecule has 2 aliphatic heterocycles. The molecule has 1 saturated heterocycles. The summed E-state index contributed by atoms with van der Waals surface area (Å²) in [4.78, 5) is 58.6. The summed E-state index contributed by atoms with van der Waals surface area (Å²) in [6.45, 7) is 0.962. The van der Waals surface area contributed by atoms with Gasteiger partial charge >= 0.3 is 5.69 Å². The van der Waals surface area contributed by atoms with Crippen LogP contribution in [0.15, 0.2) is 40.2 Å². The highest BCUT2D eigenvalue weighted by Gasteiger charge is 2.33. The maximum Gasteiger partial charge on any atom is 0.332 e. The fraction of sp³-hybridized carbons (Fsp3) is 0.409. The van der Waals surface area contributed by atoms with E-state index in [0.29, 0.717) is 24.6 Å². The summed E-state index contributed by atoms with van der Waals surface area (Å²) in [5.41, 5.74) is -0.644. The Morgan fingerprint density at radius 1 is 1.03 bits per heavy atom. The van der Waals surface area contributed by atoms with Crippen LogP contribution < -0.4 is 20.7 Å². The molecule has 0 N–H and O–H groups in total. The molecule has 0 spiro atoms. The Morgan fingerprint density at radius 2 is 1.71 bits per heavy atom. The van der Waals surface area contributed by atoms with Crippen LogP contribution in [0.4, 0.5) is 0 Å². The first-order chi connectivity index (χ1) is 16.3. The summed E-state index contributed by atoms with van der Waals surface area (Å²) in [5, 5.41) is 0. The van der Waals surface area contributed by atoms with E-state index < -0.39 is 17.4 Å². The summed E-state index contributed by atoms with van der Waals surface area (Å²) >= 11 is 0. The predicted molar refractivity (Wildman–Crippen MR) is 120 cm³/mol. The molecule has 0 bridgehead atoms. The zero-order valence-electron chi connectivity index (χ0n) is 18.8. The SMILES string of the molecule is Cn1cnc2c1c(=O)n(CC(=O)N1CCN(C(=O)C3COc4ccccc4O3)CC1)c(=O)n2C. The molecule has 3 aromatic rings. The Balaban J connectivity index is 1.24. The number of rotatable bonds is 3. The Bertz CT molecular complexity index is 1400. The number of benzene rings is 1. The first-order valence-corrected chi connectivity index (χ1v) is 10.9. The summed E-state index contributed by atoms with van der Waals surface area (Å²) < 4.78 is 15.1. The molecule has 0 saturated carbocycles. The van der Waals surface area contributed by atoms with Crippen LogP contribution in [0.25, 0.3) is 11.2 Å².